The van der Waals surface area contributed by atoms with E-state index in [4.69, 9.17) is 19.3 Å². The van der Waals surface area contributed by atoms with Gasteiger partial charge in [-0.1, -0.05) is 0 Å². The molecule has 5 heteroatoms. The van der Waals surface area contributed by atoms with Gasteiger partial charge in [0, 0.05) is 20.6 Å². The van der Waals surface area contributed by atoms with E-state index in [9.17, 15) is 4.79 Å². The van der Waals surface area contributed by atoms with Crippen LogP contribution in [0.25, 0.3) is 0 Å². The summed E-state index contributed by atoms with van der Waals surface area (Å²) in [7, 11) is 2.83. The molecule has 13 heavy (non-hydrogen) atoms. The summed E-state index contributed by atoms with van der Waals surface area (Å²) in [5.74, 6) is -0.995. The second-order valence-electron chi connectivity index (χ2n) is 2.95. The van der Waals surface area contributed by atoms with Crippen molar-refractivity contribution in [2.45, 2.75) is 18.1 Å². The minimum Gasteiger partial charge on any atom is -0.479 e. The molecule has 0 aliphatic carbocycles. The molecule has 1 aliphatic rings. The second kappa shape index (κ2) is 4.04. The van der Waals surface area contributed by atoms with E-state index >= 15 is 0 Å². The zero-order valence-corrected chi connectivity index (χ0v) is 7.78. The number of hydrogen-bond donors (Lipinski definition) is 1. The van der Waals surface area contributed by atoms with Gasteiger partial charge in [-0.3, -0.25) is 0 Å². The third-order valence-electron chi connectivity index (χ3n) is 2.42. The van der Waals surface area contributed by atoms with Gasteiger partial charge in [-0.25, -0.2) is 4.79 Å². The van der Waals surface area contributed by atoms with Gasteiger partial charge in [0.1, 0.15) is 6.10 Å². The van der Waals surface area contributed by atoms with Gasteiger partial charge in [0.05, 0.1) is 13.2 Å². The maximum Gasteiger partial charge on any atom is 0.338 e. The van der Waals surface area contributed by atoms with Gasteiger partial charge in [0.15, 0.2) is 5.60 Å². The first kappa shape index (κ1) is 10.4. The highest BCUT2D eigenvalue weighted by molar-refractivity contribution is 5.78. The number of hydrogen-bond acceptors (Lipinski definition) is 4. The summed E-state index contributed by atoms with van der Waals surface area (Å²) in [5.41, 5.74) is -1.24. The average molecular weight is 190 g/mol. The second-order valence-corrected chi connectivity index (χ2v) is 2.95. The molecule has 0 aromatic rings. The Labute approximate surface area is 76.6 Å². The van der Waals surface area contributed by atoms with E-state index in [1.807, 2.05) is 0 Å². The van der Waals surface area contributed by atoms with Crippen molar-refractivity contribution < 1.29 is 24.1 Å². The fraction of sp³-hybridized carbons (Fsp3) is 0.875. The molecule has 1 aliphatic heterocycles. The Bertz CT molecular complexity index is 193. The summed E-state index contributed by atoms with van der Waals surface area (Å²) in [6, 6.07) is 0. The summed E-state index contributed by atoms with van der Waals surface area (Å²) in [6.07, 6.45) is -0.221. The SMILES string of the molecule is COC1COCCC1(OC)C(=O)O. The Morgan fingerprint density at radius 3 is 2.69 bits per heavy atom. The first-order valence-corrected chi connectivity index (χ1v) is 4.06. The van der Waals surface area contributed by atoms with Crippen LogP contribution in [0, 0.1) is 0 Å². The van der Waals surface area contributed by atoms with Gasteiger partial charge < -0.3 is 19.3 Å². The van der Waals surface area contributed by atoms with E-state index < -0.39 is 17.7 Å². The molecule has 1 fully saturated rings. The Balaban J connectivity index is 2.84. The maximum absolute atomic E-state index is 11.0. The van der Waals surface area contributed by atoms with Crippen LogP contribution in [-0.2, 0) is 19.0 Å². The molecule has 76 valence electrons. The molecule has 0 bridgehead atoms. The van der Waals surface area contributed by atoms with Crippen molar-refractivity contribution in [3.8, 4) is 0 Å². The first-order valence-electron chi connectivity index (χ1n) is 4.06. The molecule has 0 saturated carbocycles. The van der Waals surface area contributed by atoms with Crippen molar-refractivity contribution in [3.63, 3.8) is 0 Å². The molecule has 1 saturated heterocycles. The van der Waals surface area contributed by atoms with Crippen LogP contribution in [0.3, 0.4) is 0 Å². The Morgan fingerprint density at radius 1 is 1.62 bits per heavy atom. The number of rotatable bonds is 3. The van der Waals surface area contributed by atoms with E-state index in [0.717, 1.165) is 0 Å². The standard InChI is InChI=1S/C8H14O5/c1-11-6-5-13-4-3-8(6,12-2)7(9)10/h6H,3-5H2,1-2H3,(H,9,10). The summed E-state index contributed by atoms with van der Waals surface area (Å²) >= 11 is 0. The van der Waals surface area contributed by atoms with Crippen molar-refractivity contribution in [2.24, 2.45) is 0 Å². The molecule has 1 heterocycles. The first-order chi connectivity index (χ1) is 6.17. The number of ether oxygens (including phenoxy) is 3. The summed E-state index contributed by atoms with van der Waals surface area (Å²) in [6.45, 7) is 0.649. The highest BCUT2D eigenvalue weighted by Crippen LogP contribution is 2.27. The minimum atomic E-state index is -1.24. The van der Waals surface area contributed by atoms with E-state index in [0.29, 0.717) is 13.0 Å². The lowest BCUT2D eigenvalue weighted by Gasteiger charge is -2.38. The average Bonchev–Trinajstić information content (AvgIpc) is 2.17. The normalized spacial score (nSPS) is 34.5. The van der Waals surface area contributed by atoms with Crippen LogP contribution in [0.4, 0.5) is 0 Å². The predicted octanol–water partition coefficient (Wildman–Crippen LogP) is -0.109. The topological polar surface area (TPSA) is 65.0 Å². The van der Waals surface area contributed by atoms with Crippen molar-refractivity contribution in [1.82, 2.24) is 0 Å². The fourth-order valence-electron chi connectivity index (χ4n) is 1.53. The van der Waals surface area contributed by atoms with Crippen LogP contribution in [0.1, 0.15) is 6.42 Å². The Hall–Kier alpha value is -0.650. The van der Waals surface area contributed by atoms with E-state index in [1.165, 1.54) is 14.2 Å². The fourth-order valence-corrected chi connectivity index (χ4v) is 1.53. The maximum atomic E-state index is 11.0. The van der Waals surface area contributed by atoms with Crippen molar-refractivity contribution >= 4 is 5.97 Å². The monoisotopic (exact) mass is 190 g/mol. The summed E-state index contributed by atoms with van der Waals surface area (Å²) in [5, 5.41) is 9.03. The van der Waals surface area contributed by atoms with E-state index in [1.54, 1.807) is 0 Å². The molecule has 2 atom stereocenters. The molecular weight excluding hydrogens is 176 g/mol. The highest BCUT2D eigenvalue weighted by Gasteiger charge is 2.49. The molecule has 0 aromatic heterocycles. The molecule has 2 unspecified atom stereocenters. The number of aliphatic carboxylic acids is 1. The van der Waals surface area contributed by atoms with E-state index in [-0.39, 0.29) is 6.61 Å². The van der Waals surface area contributed by atoms with Crippen LogP contribution < -0.4 is 0 Å². The van der Waals surface area contributed by atoms with Gasteiger partial charge >= 0.3 is 5.97 Å². The van der Waals surface area contributed by atoms with Crippen LogP contribution >= 0.6 is 0 Å². The zero-order valence-electron chi connectivity index (χ0n) is 7.78. The lowest BCUT2D eigenvalue weighted by Crippen LogP contribution is -2.57. The van der Waals surface area contributed by atoms with Crippen LogP contribution in [0.2, 0.25) is 0 Å². The molecule has 0 amide bonds. The van der Waals surface area contributed by atoms with Crippen molar-refractivity contribution in [1.29, 1.82) is 0 Å². The molecule has 0 radical (unpaired) electrons. The number of carbonyl (C=O) groups is 1. The molecule has 0 aromatic carbocycles. The van der Waals surface area contributed by atoms with Crippen molar-refractivity contribution in [3.05, 3.63) is 0 Å². The summed E-state index contributed by atoms with van der Waals surface area (Å²) in [4.78, 5) is 11.0. The molecular formula is C8H14O5. The zero-order chi connectivity index (χ0) is 9.90. The third kappa shape index (κ3) is 1.67. The lowest BCUT2D eigenvalue weighted by molar-refractivity contribution is -0.205. The van der Waals surface area contributed by atoms with Gasteiger partial charge in [-0.15, -0.1) is 0 Å². The highest BCUT2D eigenvalue weighted by atomic mass is 16.6. The Kier molecular flexibility index (Phi) is 3.24. The minimum absolute atomic E-state index is 0.261. The number of carboxylic acids is 1. The van der Waals surface area contributed by atoms with Gasteiger partial charge in [0.25, 0.3) is 0 Å². The van der Waals surface area contributed by atoms with Crippen LogP contribution in [-0.4, -0.2) is 50.2 Å². The van der Waals surface area contributed by atoms with Crippen molar-refractivity contribution in [2.75, 3.05) is 27.4 Å². The number of carboxylic acid groups (broad SMARTS) is 1. The molecule has 0 spiro atoms. The van der Waals surface area contributed by atoms with Gasteiger partial charge in [-0.05, 0) is 0 Å². The number of methoxy groups -OCH3 is 2. The lowest BCUT2D eigenvalue weighted by atomic mass is 9.91. The third-order valence-corrected chi connectivity index (χ3v) is 2.42. The smallest absolute Gasteiger partial charge is 0.338 e. The quantitative estimate of drug-likeness (QED) is 0.672. The van der Waals surface area contributed by atoms with E-state index in [2.05, 4.69) is 0 Å². The predicted molar refractivity (Wildman–Crippen MR) is 43.6 cm³/mol. The Morgan fingerprint density at radius 2 is 2.31 bits per heavy atom. The van der Waals surface area contributed by atoms with Gasteiger partial charge in [-0.2, -0.15) is 0 Å². The molecule has 1 rings (SSSR count). The summed E-state index contributed by atoms with van der Waals surface area (Å²) < 4.78 is 15.2. The molecule has 5 nitrogen and oxygen atoms in total. The van der Waals surface area contributed by atoms with Crippen LogP contribution in [0.15, 0.2) is 0 Å². The van der Waals surface area contributed by atoms with Crippen LogP contribution in [0.5, 0.6) is 0 Å². The van der Waals surface area contributed by atoms with Gasteiger partial charge in [0.2, 0.25) is 0 Å². The molecule has 1 N–H and O–H groups in total. The largest absolute Gasteiger partial charge is 0.479 e.